The van der Waals surface area contributed by atoms with Crippen molar-refractivity contribution in [2.45, 2.75) is 90.9 Å². The molecule has 8 nitrogen and oxygen atoms in total. The molecule has 0 aromatic heterocycles. The van der Waals surface area contributed by atoms with Crippen LogP contribution in [0.2, 0.25) is 0 Å². The van der Waals surface area contributed by atoms with Crippen LogP contribution in [0.5, 0.6) is 0 Å². The van der Waals surface area contributed by atoms with Crippen LogP contribution in [-0.4, -0.2) is 47.9 Å². The predicted molar refractivity (Wildman–Crippen MR) is 107 cm³/mol. The molecule has 0 aromatic carbocycles. The maximum atomic E-state index is 12.6. The van der Waals surface area contributed by atoms with Gasteiger partial charge in [-0.05, 0) is 73.1 Å². The van der Waals surface area contributed by atoms with Crippen molar-refractivity contribution in [1.82, 2.24) is 16.0 Å². The van der Waals surface area contributed by atoms with E-state index in [1.54, 1.807) is 20.8 Å². The highest BCUT2D eigenvalue weighted by Gasteiger charge is 2.60. The fraction of sp³-hybridized carbons (Fsp3) is 0.850. The van der Waals surface area contributed by atoms with Gasteiger partial charge in [-0.25, -0.2) is 9.59 Å². The van der Waals surface area contributed by atoms with Crippen LogP contribution < -0.4 is 16.0 Å². The molecule has 0 spiro atoms. The quantitative estimate of drug-likeness (QED) is 0.544. The van der Waals surface area contributed by atoms with E-state index in [0.717, 1.165) is 6.42 Å². The highest BCUT2D eigenvalue weighted by Crippen LogP contribution is 2.47. The number of hydrogen-bond donors (Lipinski definition) is 3. The number of rotatable bonds is 8. The van der Waals surface area contributed by atoms with Crippen LogP contribution in [0.25, 0.3) is 0 Å². The van der Waals surface area contributed by atoms with Crippen molar-refractivity contribution < 1.29 is 23.9 Å². The molecule has 0 unspecified atom stereocenters. The van der Waals surface area contributed by atoms with Crippen LogP contribution in [0, 0.1) is 5.92 Å². The molecule has 2 atom stereocenters. The van der Waals surface area contributed by atoms with Crippen LogP contribution in [0.4, 0.5) is 9.59 Å². The van der Waals surface area contributed by atoms with Gasteiger partial charge in [0.05, 0.1) is 0 Å². The molecule has 1 rings (SSSR count). The summed E-state index contributed by atoms with van der Waals surface area (Å²) >= 11 is 0. The first kappa shape index (κ1) is 24.0. The van der Waals surface area contributed by atoms with Gasteiger partial charge in [0.1, 0.15) is 16.7 Å². The van der Waals surface area contributed by atoms with Crippen molar-refractivity contribution in [3.05, 3.63) is 0 Å². The molecule has 0 radical (unpaired) electrons. The zero-order valence-corrected chi connectivity index (χ0v) is 18.4. The van der Waals surface area contributed by atoms with Gasteiger partial charge in [-0.3, -0.25) is 4.79 Å². The molecule has 3 amide bonds. The molecule has 162 valence electrons. The van der Waals surface area contributed by atoms with E-state index in [9.17, 15) is 14.4 Å². The Hall–Kier alpha value is -1.99. The Morgan fingerprint density at radius 3 is 2.04 bits per heavy atom. The highest BCUT2D eigenvalue weighted by molar-refractivity contribution is 5.93. The van der Waals surface area contributed by atoms with Crippen LogP contribution >= 0.6 is 0 Å². The van der Waals surface area contributed by atoms with Gasteiger partial charge in [-0.2, -0.15) is 0 Å². The molecule has 1 aliphatic carbocycles. The van der Waals surface area contributed by atoms with Crippen LogP contribution in [0.15, 0.2) is 0 Å². The summed E-state index contributed by atoms with van der Waals surface area (Å²) in [4.78, 5) is 36.5. The van der Waals surface area contributed by atoms with Crippen LogP contribution in [-0.2, 0) is 14.3 Å². The van der Waals surface area contributed by atoms with Crippen molar-refractivity contribution >= 4 is 18.1 Å². The fourth-order valence-corrected chi connectivity index (χ4v) is 2.90. The van der Waals surface area contributed by atoms with Gasteiger partial charge in [-0.1, -0.05) is 6.92 Å². The Kier molecular flexibility index (Phi) is 8.14. The second kappa shape index (κ2) is 9.47. The normalized spacial score (nSPS) is 21.5. The molecule has 8 heteroatoms. The lowest BCUT2D eigenvalue weighted by Crippen LogP contribution is -2.51. The Morgan fingerprint density at radius 1 is 0.929 bits per heavy atom. The molecule has 28 heavy (non-hydrogen) atoms. The average molecular weight is 400 g/mol. The largest absolute Gasteiger partial charge is 0.444 e. The van der Waals surface area contributed by atoms with Gasteiger partial charge >= 0.3 is 12.2 Å². The summed E-state index contributed by atoms with van der Waals surface area (Å²) in [7, 11) is 0. The summed E-state index contributed by atoms with van der Waals surface area (Å²) in [6, 6.07) is 0. The van der Waals surface area contributed by atoms with Gasteiger partial charge in [-0.15, -0.1) is 0 Å². The lowest BCUT2D eigenvalue weighted by atomic mass is 10.1. The minimum atomic E-state index is -0.927. The number of ether oxygens (including phenoxy) is 2. The Bertz CT molecular complexity index is 565. The second-order valence-corrected chi connectivity index (χ2v) is 9.33. The smallest absolute Gasteiger partial charge is 0.408 e. The van der Waals surface area contributed by atoms with Crippen molar-refractivity contribution in [2.75, 3.05) is 13.1 Å². The summed E-state index contributed by atoms with van der Waals surface area (Å²) in [5.41, 5.74) is -2.10. The van der Waals surface area contributed by atoms with E-state index in [2.05, 4.69) is 16.0 Å². The first-order valence-electron chi connectivity index (χ1n) is 10.1. The molecule has 0 heterocycles. The third-order valence-electron chi connectivity index (χ3n) is 4.17. The van der Waals surface area contributed by atoms with E-state index in [1.807, 2.05) is 27.7 Å². The SMILES string of the molecule is CCCNC(=O)[C@@]1(NC(=O)OC(C)(C)C)C[C@H]1CCCNC(=O)OC(C)(C)C. The van der Waals surface area contributed by atoms with Gasteiger partial charge in [0.15, 0.2) is 0 Å². The second-order valence-electron chi connectivity index (χ2n) is 9.33. The zero-order valence-electron chi connectivity index (χ0n) is 18.4. The molecule has 1 aliphatic rings. The van der Waals surface area contributed by atoms with E-state index >= 15 is 0 Å². The standard InChI is InChI=1S/C20H37N3O5/c1-8-11-21-15(24)20(23-17(26)28-19(5,6)7)13-14(20)10-9-12-22-16(25)27-18(2,3)4/h14H,8-13H2,1-7H3,(H,21,24)(H,22,25)(H,23,26)/t14-,20-/m1/s1. The number of alkyl carbamates (subject to hydrolysis) is 2. The van der Waals surface area contributed by atoms with Crippen molar-refractivity contribution in [3.8, 4) is 0 Å². The summed E-state index contributed by atoms with van der Waals surface area (Å²) in [6.45, 7) is 13.7. The molecule has 0 aliphatic heterocycles. The molecular formula is C20H37N3O5. The molecule has 0 bridgehead atoms. The fourth-order valence-electron chi connectivity index (χ4n) is 2.90. The summed E-state index contributed by atoms with van der Waals surface area (Å²) in [5.74, 6) is -0.164. The number of carbonyl (C=O) groups excluding carboxylic acids is 3. The molecular weight excluding hydrogens is 362 g/mol. The molecule has 1 fully saturated rings. The third kappa shape index (κ3) is 8.35. The monoisotopic (exact) mass is 399 g/mol. The van der Waals surface area contributed by atoms with Gasteiger partial charge < -0.3 is 25.4 Å². The molecule has 0 saturated heterocycles. The van der Waals surface area contributed by atoms with Crippen molar-refractivity contribution in [1.29, 1.82) is 0 Å². The van der Waals surface area contributed by atoms with Crippen molar-refractivity contribution in [3.63, 3.8) is 0 Å². The van der Waals surface area contributed by atoms with E-state index in [-0.39, 0.29) is 11.8 Å². The molecule has 1 saturated carbocycles. The minimum absolute atomic E-state index is 0.0114. The predicted octanol–water partition coefficient (Wildman–Crippen LogP) is 3.10. The van der Waals surface area contributed by atoms with E-state index in [1.165, 1.54) is 0 Å². The van der Waals surface area contributed by atoms with Gasteiger partial charge in [0.2, 0.25) is 5.91 Å². The van der Waals surface area contributed by atoms with E-state index < -0.39 is 28.9 Å². The number of hydrogen-bond acceptors (Lipinski definition) is 5. The maximum absolute atomic E-state index is 12.6. The van der Waals surface area contributed by atoms with Gasteiger partial charge in [0, 0.05) is 13.1 Å². The van der Waals surface area contributed by atoms with E-state index in [0.29, 0.717) is 32.4 Å². The topological polar surface area (TPSA) is 106 Å². The van der Waals surface area contributed by atoms with Crippen LogP contribution in [0.3, 0.4) is 0 Å². The minimum Gasteiger partial charge on any atom is -0.444 e. The molecule has 3 N–H and O–H groups in total. The molecule has 0 aromatic rings. The first-order valence-corrected chi connectivity index (χ1v) is 10.1. The van der Waals surface area contributed by atoms with Crippen molar-refractivity contribution in [2.24, 2.45) is 5.92 Å². The Balaban J connectivity index is 2.55. The van der Waals surface area contributed by atoms with Crippen LogP contribution in [0.1, 0.15) is 74.1 Å². The maximum Gasteiger partial charge on any atom is 0.408 e. The lowest BCUT2D eigenvalue weighted by molar-refractivity contribution is -0.124. The Labute approximate surface area is 168 Å². The third-order valence-corrected chi connectivity index (χ3v) is 4.17. The van der Waals surface area contributed by atoms with E-state index in [4.69, 9.17) is 9.47 Å². The van der Waals surface area contributed by atoms with Gasteiger partial charge in [0.25, 0.3) is 0 Å². The zero-order chi connectivity index (χ0) is 21.6. The lowest BCUT2D eigenvalue weighted by Gasteiger charge is -2.24. The highest BCUT2D eigenvalue weighted by atomic mass is 16.6. The number of carbonyl (C=O) groups is 3. The summed E-state index contributed by atoms with van der Waals surface area (Å²) < 4.78 is 10.5. The number of nitrogens with one attached hydrogen (secondary N) is 3. The number of amides is 3. The first-order chi connectivity index (χ1) is 12.8. The Morgan fingerprint density at radius 2 is 1.50 bits per heavy atom. The summed E-state index contributed by atoms with van der Waals surface area (Å²) in [5, 5.41) is 8.36. The average Bonchev–Trinajstić information content (AvgIpc) is 3.19. The summed E-state index contributed by atoms with van der Waals surface area (Å²) in [6.07, 6.45) is 1.72.